The third-order valence-electron chi connectivity index (χ3n) is 3.80. The minimum atomic E-state index is -3.25. The molecule has 0 unspecified atom stereocenters. The van der Waals surface area contributed by atoms with Crippen LogP contribution in [0.2, 0.25) is 0 Å². The molecule has 0 radical (unpaired) electrons. The van der Waals surface area contributed by atoms with Gasteiger partial charge in [-0.1, -0.05) is 71.1 Å². The number of nitrogens with zero attached hydrogens (tertiary/aromatic N) is 1. The first-order valence-electron chi connectivity index (χ1n) is 6.74. The van der Waals surface area contributed by atoms with E-state index in [9.17, 15) is 8.42 Å². The molecule has 21 heavy (non-hydrogen) atoms. The molecule has 5 heteroatoms. The Hall–Kier alpha value is -1.08. The molecule has 0 N–H and O–H groups in total. The summed E-state index contributed by atoms with van der Waals surface area (Å²) in [5, 5.41) is 0. The highest BCUT2D eigenvalue weighted by molar-refractivity contribution is 14.1. The fourth-order valence-electron chi connectivity index (χ4n) is 2.90. The zero-order valence-electron chi connectivity index (χ0n) is 11.6. The summed E-state index contributed by atoms with van der Waals surface area (Å²) in [6.07, 6.45) is 1.27. The lowest BCUT2D eigenvalue weighted by Crippen LogP contribution is -2.41. The van der Waals surface area contributed by atoms with E-state index in [4.69, 9.17) is 0 Å². The van der Waals surface area contributed by atoms with Crippen molar-refractivity contribution < 1.29 is 8.42 Å². The van der Waals surface area contributed by atoms with Crippen LogP contribution < -0.4 is 4.31 Å². The highest BCUT2D eigenvalue weighted by atomic mass is 127. The average Bonchev–Trinajstić information content (AvgIpc) is 2.46. The summed E-state index contributed by atoms with van der Waals surface area (Å²) in [4.78, 5) is 0. The molecule has 2 aromatic rings. The lowest BCUT2D eigenvalue weighted by molar-refractivity contribution is 0.591. The van der Waals surface area contributed by atoms with Gasteiger partial charge in [-0.25, -0.2) is 8.42 Å². The fraction of sp³-hybridized carbons (Fsp3) is 0.250. The standard InChI is InChI=1S/C16H16INO2S/c1-21(19,20)18-11-14(17)16(12-7-3-2-4-8-12)13-9-5-6-10-15(13)18/h2-10,14,16H,11H2,1H3/t14-,16-/m1/s1. The van der Waals surface area contributed by atoms with E-state index in [1.807, 2.05) is 42.5 Å². The van der Waals surface area contributed by atoms with Crippen molar-refractivity contribution in [3.63, 3.8) is 0 Å². The van der Waals surface area contributed by atoms with Crippen molar-refractivity contribution in [2.75, 3.05) is 17.1 Å². The van der Waals surface area contributed by atoms with Crippen LogP contribution in [0.1, 0.15) is 17.0 Å². The summed E-state index contributed by atoms with van der Waals surface area (Å²) < 4.78 is 25.9. The second kappa shape index (κ2) is 5.61. The van der Waals surface area contributed by atoms with Gasteiger partial charge < -0.3 is 0 Å². The molecule has 3 nitrogen and oxygen atoms in total. The van der Waals surface area contributed by atoms with Gasteiger partial charge in [0, 0.05) is 16.4 Å². The molecule has 2 aromatic carbocycles. The van der Waals surface area contributed by atoms with E-state index in [1.54, 1.807) is 0 Å². The summed E-state index contributed by atoms with van der Waals surface area (Å²) in [5.74, 6) is 0.223. The maximum Gasteiger partial charge on any atom is 0.232 e. The van der Waals surface area contributed by atoms with Gasteiger partial charge >= 0.3 is 0 Å². The number of hydrogen-bond acceptors (Lipinski definition) is 2. The molecular weight excluding hydrogens is 397 g/mol. The number of alkyl halides is 1. The molecule has 0 spiro atoms. The van der Waals surface area contributed by atoms with E-state index in [1.165, 1.54) is 16.1 Å². The van der Waals surface area contributed by atoms with Gasteiger partial charge in [0.05, 0.1) is 11.9 Å². The van der Waals surface area contributed by atoms with Crippen molar-refractivity contribution in [1.82, 2.24) is 0 Å². The van der Waals surface area contributed by atoms with Gasteiger partial charge in [-0.2, -0.15) is 0 Å². The van der Waals surface area contributed by atoms with Gasteiger partial charge in [0.15, 0.2) is 0 Å². The van der Waals surface area contributed by atoms with Crippen molar-refractivity contribution in [2.45, 2.75) is 9.84 Å². The molecule has 1 aliphatic heterocycles. The van der Waals surface area contributed by atoms with E-state index >= 15 is 0 Å². The van der Waals surface area contributed by atoms with Crippen LogP contribution in [-0.2, 0) is 10.0 Å². The molecule has 0 saturated carbocycles. The van der Waals surface area contributed by atoms with E-state index in [2.05, 4.69) is 34.7 Å². The van der Waals surface area contributed by atoms with Crippen LogP contribution in [0.15, 0.2) is 54.6 Å². The maximum absolute atomic E-state index is 12.1. The predicted molar refractivity (Wildman–Crippen MR) is 94.7 cm³/mol. The Morgan fingerprint density at radius 3 is 2.33 bits per heavy atom. The average molecular weight is 413 g/mol. The second-order valence-electron chi connectivity index (χ2n) is 5.26. The molecule has 0 amide bonds. The van der Waals surface area contributed by atoms with Crippen LogP contribution in [0, 0.1) is 0 Å². The molecule has 110 valence electrons. The summed E-state index contributed by atoms with van der Waals surface area (Å²) in [6, 6.07) is 18.1. The number of rotatable bonds is 2. The molecule has 0 fully saturated rings. The number of halogens is 1. The molecule has 1 aliphatic rings. The third kappa shape index (κ3) is 2.81. The minimum absolute atomic E-state index is 0.203. The van der Waals surface area contributed by atoms with E-state index in [-0.39, 0.29) is 9.84 Å². The van der Waals surface area contributed by atoms with Gasteiger partial charge in [0.25, 0.3) is 0 Å². The van der Waals surface area contributed by atoms with Crippen molar-refractivity contribution in [1.29, 1.82) is 0 Å². The Morgan fingerprint density at radius 2 is 1.67 bits per heavy atom. The van der Waals surface area contributed by atoms with Crippen LogP contribution in [0.25, 0.3) is 0 Å². The Bertz CT molecular complexity index is 746. The number of anilines is 1. The monoisotopic (exact) mass is 413 g/mol. The highest BCUT2D eigenvalue weighted by Crippen LogP contribution is 2.43. The van der Waals surface area contributed by atoms with E-state index in [0.29, 0.717) is 6.54 Å². The minimum Gasteiger partial charge on any atom is -0.269 e. The molecule has 1 heterocycles. The second-order valence-corrected chi connectivity index (χ2v) is 8.76. The summed E-state index contributed by atoms with van der Waals surface area (Å²) in [5.41, 5.74) is 3.12. The van der Waals surface area contributed by atoms with Crippen LogP contribution in [0.5, 0.6) is 0 Å². The lowest BCUT2D eigenvalue weighted by atomic mass is 9.85. The first kappa shape index (κ1) is 14.8. The molecular formula is C16H16INO2S. The van der Waals surface area contributed by atoms with Crippen molar-refractivity contribution in [3.8, 4) is 0 Å². The number of sulfonamides is 1. The van der Waals surface area contributed by atoms with Gasteiger partial charge in [-0.3, -0.25) is 4.31 Å². The van der Waals surface area contributed by atoms with E-state index < -0.39 is 10.0 Å². The molecule has 3 rings (SSSR count). The summed E-state index contributed by atoms with van der Waals surface area (Å²) in [6.45, 7) is 0.510. The molecule has 0 saturated heterocycles. The van der Waals surface area contributed by atoms with Gasteiger partial charge in [0.2, 0.25) is 10.0 Å². The Balaban J connectivity index is 2.17. The molecule has 0 aliphatic carbocycles. The first-order chi connectivity index (χ1) is 9.98. The largest absolute Gasteiger partial charge is 0.269 e. The number of para-hydroxylation sites is 1. The lowest BCUT2D eigenvalue weighted by Gasteiger charge is -2.37. The van der Waals surface area contributed by atoms with E-state index in [0.717, 1.165) is 11.3 Å². The quantitative estimate of drug-likeness (QED) is 0.559. The van der Waals surface area contributed by atoms with Crippen LogP contribution in [0.4, 0.5) is 5.69 Å². The number of fused-ring (bicyclic) bond motifs is 1. The fourth-order valence-corrected chi connectivity index (χ4v) is 5.32. The SMILES string of the molecule is CS(=O)(=O)N1C[C@@H](I)[C@H](c2ccccc2)c2ccccc21. The van der Waals surface area contributed by atoms with Crippen LogP contribution in [0.3, 0.4) is 0 Å². The van der Waals surface area contributed by atoms with Gasteiger partial charge in [-0.15, -0.1) is 0 Å². The third-order valence-corrected chi connectivity index (χ3v) is 6.06. The highest BCUT2D eigenvalue weighted by Gasteiger charge is 2.36. The zero-order chi connectivity index (χ0) is 15.0. The number of hydrogen-bond donors (Lipinski definition) is 0. The van der Waals surface area contributed by atoms with Crippen molar-refractivity contribution >= 4 is 38.3 Å². The number of benzene rings is 2. The Kier molecular flexibility index (Phi) is 3.96. The normalized spacial score (nSPS) is 21.9. The first-order valence-corrected chi connectivity index (χ1v) is 9.83. The Morgan fingerprint density at radius 1 is 1.05 bits per heavy atom. The maximum atomic E-state index is 12.1. The summed E-state index contributed by atoms with van der Waals surface area (Å²) in [7, 11) is -3.25. The van der Waals surface area contributed by atoms with Gasteiger partial charge in [-0.05, 0) is 17.2 Å². The van der Waals surface area contributed by atoms with Crippen LogP contribution in [-0.4, -0.2) is 25.1 Å². The summed E-state index contributed by atoms with van der Waals surface area (Å²) >= 11 is 2.37. The molecule has 0 aromatic heterocycles. The zero-order valence-corrected chi connectivity index (χ0v) is 14.6. The van der Waals surface area contributed by atoms with Crippen LogP contribution >= 0.6 is 22.6 Å². The Labute approximate surface area is 139 Å². The smallest absolute Gasteiger partial charge is 0.232 e. The predicted octanol–water partition coefficient (Wildman–Crippen LogP) is 3.40. The van der Waals surface area contributed by atoms with Crippen molar-refractivity contribution in [3.05, 3.63) is 65.7 Å². The van der Waals surface area contributed by atoms with Crippen molar-refractivity contribution in [2.24, 2.45) is 0 Å². The topological polar surface area (TPSA) is 37.4 Å². The molecule has 0 bridgehead atoms. The molecule has 2 atom stereocenters. The van der Waals surface area contributed by atoms with Gasteiger partial charge in [0.1, 0.15) is 0 Å².